The Morgan fingerprint density at radius 3 is 2.53 bits per heavy atom. The van der Waals surface area contributed by atoms with Crippen LogP contribution in [0.4, 0.5) is 0 Å². The summed E-state index contributed by atoms with van der Waals surface area (Å²) in [5, 5.41) is 0. The van der Waals surface area contributed by atoms with Crippen LogP contribution in [-0.4, -0.2) is 62.4 Å². The summed E-state index contributed by atoms with van der Waals surface area (Å²) >= 11 is 0. The molecule has 0 aromatic heterocycles. The molecule has 2 atom stereocenters. The second kappa shape index (κ2) is 9.15. The van der Waals surface area contributed by atoms with Crippen LogP contribution < -0.4 is 0 Å². The predicted molar refractivity (Wildman–Crippen MR) is 114 cm³/mol. The molecule has 1 aliphatic heterocycles. The Hall–Kier alpha value is -1.79. The molecule has 6 nitrogen and oxygen atoms in total. The SMILES string of the molecule is COC(=O)C12CCCCC=C1C(=O)C(C)(CC(=O)C(CN1CCOCC1)=C(C)C)C2. The van der Waals surface area contributed by atoms with Crippen molar-refractivity contribution in [2.24, 2.45) is 10.8 Å². The highest BCUT2D eigenvalue weighted by molar-refractivity contribution is 6.12. The summed E-state index contributed by atoms with van der Waals surface area (Å²) in [6.45, 7) is 9.30. The van der Waals surface area contributed by atoms with Crippen molar-refractivity contribution in [2.75, 3.05) is 40.0 Å². The molecule has 1 saturated carbocycles. The zero-order valence-corrected chi connectivity index (χ0v) is 18.8. The molecule has 2 unspecified atom stereocenters. The first-order valence-corrected chi connectivity index (χ1v) is 11.1. The Balaban J connectivity index is 1.84. The molecule has 0 radical (unpaired) electrons. The molecule has 3 aliphatic rings. The Labute approximate surface area is 179 Å². The van der Waals surface area contributed by atoms with Crippen LogP contribution in [0.1, 0.15) is 59.3 Å². The van der Waals surface area contributed by atoms with Crippen molar-refractivity contribution >= 4 is 17.5 Å². The largest absolute Gasteiger partial charge is 0.468 e. The first-order chi connectivity index (χ1) is 14.2. The first kappa shape index (κ1) is 22.9. The number of rotatable bonds is 6. The number of fused-ring (bicyclic) bond motifs is 1. The number of nitrogens with zero attached hydrogens (tertiary/aromatic N) is 1. The zero-order chi connectivity index (χ0) is 21.9. The number of hydrogen-bond acceptors (Lipinski definition) is 6. The van der Waals surface area contributed by atoms with Gasteiger partial charge in [-0.15, -0.1) is 0 Å². The average molecular weight is 418 g/mol. The van der Waals surface area contributed by atoms with Crippen LogP contribution in [-0.2, 0) is 23.9 Å². The monoisotopic (exact) mass is 417 g/mol. The van der Waals surface area contributed by atoms with Crippen molar-refractivity contribution in [3.8, 4) is 0 Å². The molecule has 1 heterocycles. The first-order valence-electron chi connectivity index (χ1n) is 11.1. The summed E-state index contributed by atoms with van der Waals surface area (Å²) < 4.78 is 10.5. The molecule has 0 aromatic carbocycles. The zero-order valence-electron chi connectivity index (χ0n) is 18.8. The molecule has 2 aliphatic carbocycles. The van der Waals surface area contributed by atoms with Crippen LogP contribution in [0, 0.1) is 10.8 Å². The Bertz CT molecular complexity index is 772. The molecule has 0 aromatic rings. The molecule has 1 saturated heterocycles. The molecule has 30 heavy (non-hydrogen) atoms. The quantitative estimate of drug-likeness (QED) is 0.488. The second-order valence-corrected chi connectivity index (χ2v) is 9.47. The smallest absolute Gasteiger partial charge is 0.316 e. The number of methoxy groups -OCH3 is 1. The lowest BCUT2D eigenvalue weighted by Gasteiger charge is -2.30. The molecule has 2 fully saturated rings. The minimum absolute atomic E-state index is 0.00872. The molecular weight excluding hydrogens is 382 g/mol. The van der Waals surface area contributed by atoms with Gasteiger partial charge in [0, 0.05) is 42.6 Å². The van der Waals surface area contributed by atoms with Crippen molar-refractivity contribution in [1.82, 2.24) is 4.90 Å². The summed E-state index contributed by atoms with van der Waals surface area (Å²) in [4.78, 5) is 41.9. The minimum atomic E-state index is -0.896. The van der Waals surface area contributed by atoms with Crippen LogP contribution in [0.5, 0.6) is 0 Å². The van der Waals surface area contributed by atoms with Gasteiger partial charge in [-0.05, 0) is 39.5 Å². The maximum Gasteiger partial charge on any atom is 0.316 e. The molecule has 6 heteroatoms. The average Bonchev–Trinajstić information content (AvgIpc) is 2.85. The van der Waals surface area contributed by atoms with Gasteiger partial charge in [-0.25, -0.2) is 0 Å². The fourth-order valence-electron chi connectivity index (χ4n) is 5.30. The predicted octanol–water partition coefficient (Wildman–Crippen LogP) is 3.25. The third kappa shape index (κ3) is 4.30. The highest BCUT2D eigenvalue weighted by Gasteiger charge is 2.60. The van der Waals surface area contributed by atoms with Gasteiger partial charge in [-0.2, -0.15) is 0 Å². The van der Waals surface area contributed by atoms with Crippen molar-refractivity contribution in [1.29, 1.82) is 0 Å². The van der Waals surface area contributed by atoms with Crippen LogP contribution in [0.15, 0.2) is 22.8 Å². The van der Waals surface area contributed by atoms with E-state index in [1.807, 2.05) is 26.8 Å². The van der Waals surface area contributed by atoms with E-state index in [1.165, 1.54) is 7.11 Å². The van der Waals surface area contributed by atoms with E-state index in [2.05, 4.69) is 4.90 Å². The maximum atomic E-state index is 13.5. The highest BCUT2D eigenvalue weighted by atomic mass is 16.5. The Morgan fingerprint density at radius 2 is 1.90 bits per heavy atom. The molecule has 3 rings (SSSR count). The van der Waals surface area contributed by atoms with E-state index < -0.39 is 10.8 Å². The van der Waals surface area contributed by atoms with E-state index in [4.69, 9.17) is 9.47 Å². The summed E-state index contributed by atoms with van der Waals surface area (Å²) in [6, 6.07) is 0. The maximum absolute atomic E-state index is 13.5. The third-order valence-corrected chi connectivity index (χ3v) is 6.96. The van der Waals surface area contributed by atoms with Gasteiger partial charge in [0.05, 0.1) is 25.7 Å². The number of ketones is 2. The minimum Gasteiger partial charge on any atom is -0.468 e. The van der Waals surface area contributed by atoms with Gasteiger partial charge in [0.2, 0.25) is 0 Å². The van der Waals surface area contributed by atoms with Gasteiger partial charge in [-0.3, -0.25) is 19.3 Å². The van der Waals surface area contributed by atoms with Gasteiger partial charge in [-0.1, -0.05) is 25.0 Å². The summed E-state index contributed by atoms with van der Waals surface area (Å²) in [7, 11) is 1.38. The Kier molecular flexibility index (Phi) is 6.98. The molecular formula is C24H35NO5. The van der Waals surface area contributed by atoms with E-state index in [0.717, 1.165) is 43.5 Å². The normalized spacial score (nSPS) is 29.6. The summed E-state index contributed by atoms with van der Waals surface area (Å²) in [6.07, 6.45) is 5.67. The Morgan fingerprint density at radius 1 is 1.20 bits per heavy atom. The van der Waals surface area contributed by atoms with Crippen LogP contribution in [0.2, 0.25) is 0 Å². The highest BCUT2D eigenvalue weighted by Crippen LogP contribution is 2.56. The number of carbonyl (C=O) groups is 3. The van der Waals surface area contributed by atoms with Crippen molar-refractivity contribution < 1.29 is 23.9 Å². The number of hydrogen-bond donors (Lipinski definition) is 0. The van der Waals surface area contributed by atoms with Crippen molar-refractivity contribution in [3.05, 3.63) is 22.8 Å². The number of ether oxygens (including phenoxy) is 2. The number of Topliss-reactive ketones (excluding diaryl/α,β-unsaturated/α-hetero) is 2. The van der Waals surface area contributed by atoms with Crippen molar-refractivity contribution in [2.45, 2.75) is 59.3 Å². The third-order valence-electron chi connectivity index (χ3n) is 6.96. The van der Waals surface area contributed by atoms with Crippen molar-refractivity contribution in [3.63, 3.8) is 0 Å². The summed E-state index contributed by atoms with van der Waals surface area (Å²) in [5.41, 5.74) is 0.567. The van der Waals surface area contributed by atoms with Crippen LogP contribution in [0.25, 0.3) is 0 Å². The summed E-state index contributed by atoms with van der Waals surface area (Å²) in [5.74, 6) is -0.382. The van der Waals surface area contributed by atoms with Gasteiger partial charge < -0.3 is 9.47 Å². The van der Waals surface area contributed by atoms with Crippen LogP contribution >= 0.6 is 0 Å². The second-order valence-electron chi connectivity index (χ2n) is 9.47. The number of esters is 1. The van der Waals surface area contributed by atoms with Gasteiger partial charge in [0.25, 0.3) is 0 Å². The molecule has 166 valence electrons. The van der Waals surface area contributed by atoms with E-state index in [-0.39, 0.29) is 24.0 Å². The molecule has 0 bridgehead atoms. The molecule has 0 amide bonds. The topological polar surface area (TPSA) is 72.9 Å². The number of carbonyl (C=O) groups excluding carboxylic acids is 3. The number of allylic oxidation sites excluding steroid dienone is 2. The van der Waals surface area contributed by atoms with Gasteiger partial charge >= 0.3 is 5.97 Å². The molecule has 0 N–H and O–H groups in total. The molecule has 0 spiro atoms. The number of morpholine rings is 1. The van der Waals surface area contributed by atoms with E-state index in [0.29, 0.717) is 38.2 Å². The van der Waals surface area contributed by atoms with Crippen LogP contribution in [0.3, 0.4) is 0 Å². The lowest BCUT2D eigenvalue weighted by Crippen LogP contribution is -2.39. The fourth-order valence-corrected chi connectivity index (χ4v) is 5.30. The lowest BCUT2D eigenvalue weighted by molar-refractivity contribution is -0.151. The van der Waals surface area contributed by atoms with Gasteiger partial charge in [0.1, 0.15) is 0 Å². The van der Waals surface area contributed by atoms with E-state index in [1.54, 1.807) is 0 Å². The standard InChI is InChI=1S/C24H35NO5/c1-17(2)18(15-25-10-12-30-13-11-25)20(26)14-23(3)16-24(22(28)29-4)9-7-5-6-8-19(24)21(23)27/h8H,5-7,9-16H2,1-4H3. The van der Waals surface area contributed by atoms with Gasteiger partial charge in [0.15, 0.2) is 11.6 Å². The van der Waals surface area contributed by atoms with E-state index in [9.17, 15) is 14.4 Å². The lowest BCUT2D eigenvalue weighted by atomic mass is 9.74. The van der Waals surface area contributed by atoms with E-state index >= 15 is 0 Å². The fraction of sp³-hybridized carbons (Fsp3) is 0.708.